The first kappa shape index (κ1) is 16.3. The Morgan fingerprint density at radius 1 is 1.29 bits per heavy atom. The van der Waals surface area contributed by atoms with Crippen molar-refractivity contribution in [3.05, 3.63) is 12.2 Å². The van der Waals surface area contributed by atoms with E-state index in [1.165, 1.54) is 25.7 Å². The van der Waals surface area contributed by atoms with Gasteiger partial charge in [-0.15, -0.1) is 0 Å². The van der Waals surface area contributed by atoms with Gasteiger partial charge in [0.15, 0.2) is 5.96 Å². The number of methoxy groups -OCH3 is 1. The number of nitrogens with zero attached hydrogens (tertiary/aromatic N) is 1. The zero-order valence-electron chi connectivity index (χ0n) is 13.7. The van der Waals surface area contributed by atoms with Crippen molar-refractivity contribution >= 4 is 5.96 Å². The van der Waals surface area contributed by atoms with E-state index in [2.05, 4.69) is 29.7 Å². The third kappa shape index (κ3) is 5.03. The van der Waals surface area contributed by atoms with E-state index in [0.29, 0.717) is 11.5 Å². The summed E-state index contributed by atoms with van der Waals surface area (Å²) < 4.78 is 5.30. The molecule has 4 heteroatoms. The van der Waals surface area contributed by atoms with Crippen LogP contribution in [0, 0.1) is 5.41 Å². The van der Waals surface area contributed by atoms with Crippen molar-refractivity contribution in [2.75, 3.05) is 26.8 Å². The highest BCUT2D eigenvalue weighted by Crippen LogP contribution is 2.41. The molecule has 0 aromatic carbocycles. The van der Waals surface area contributed by atoms with Gasteiger partial charge >= 0.3 is 0 Å². The maximum absolute atomic E-state index is 5.30. The predicted molar refractivity (Wildman–Crippen MR) is 88.7 cm³/mol. The molecular formula is C17H31N3O. The number of guanidine groups is 1. The van der Waals surface area contributed by atoms with Crippen LogP contribution in [-0.4, -0.2) is 38.8 Å². The number of aliphatic imine (C=N–C) groups is 1. The van der Waals surface area contributed by atoms with Crippen molar-refractivity contribution in [3.8, 4) is 0 Å². The molecule has 0 aromatic heterocycles. The molecule has 4 nitrogen and oxygen atoms in total. The van der Waals surface area contributed by atoms with Gasteiger partial charge in [0.2, 0.25) is 0 Å². The molecule has 1 fully saturated rings. The third-order valence-corrected chi connectivity index (χ3v) is 4.77. The van der Waals surface area contributed by atoms with Crippen LogP contribution >= 0.6 is 0 Å². The highest BCUT2D eigenvalue weighted by molar-refractivity contribution is 5.80. The number of nitrogens with one attached hydrogen (secondary N) is 2. The van der Waals surface area contributed by atoms with Gasteiger partial charge in [-0.1, -0.05) is 25.0 Å². The molecule has 0 amide bonds. The van der Waals surface area contributed by atoms with Gasteiger partial charge in [0.1, 0.15) is 0 Å². The summed E-state index contributed by atoms with van der Waals surface area (Å²) in [6.07, 6.45) is 13.1. The molecule has 0 radical (unpaired) electrons. The lowest BCUT2D eigenvalue weighted by molar-refractivity contribution is 0.141. The number of rotatable bonds is 7. The van der Waals surface area contributed by atoms with Crippen molar-refractivity contribution in [2.24, 2.45) is 10.4 Å². The van der Waals surface area contributed by atoms with Gasteiger partial charge in [-0.05, 0) is 44.4 Å². The molecular weight excluding hydrogens is 262 g/mol. The van der Waals surface area contributed by atoms with Crippen molar-refractivity contribution in [3.63, 3.8) is 0 Å². The van der Waals surface area contributed by atoms with Gasteiger partial charge in [-0.2, -0.15) is 0 Å². The average Bonchev–Trinajstić information content (AvgIpc) is 3.15. The summed E-state index contributed by atoms with van der Waals surface area (Å²) in [5.74, 6) is 0.981. The van der Waals surface area contributed by atoms with Gasteiger partial charge < -0.3 is 15.4 Å². The van der Waals surface area contributed by atoms with Crippen LogP contribution in [0.25, 0.3) is 0 Å². The van der Waals surface area contributed by atoms with Crippen LogP contribution in [0.5, 0.6) is 0 Å². The molecule has 0 saturated heterocycles. The Labute approximate surface area is 129 Å². The molecule has 0 bridgehead atoms. The van der Waals surface area contributed by atoms with Crippen molar-refractivity contribution < 1.29 is 4.74 Å². The van der Waals surface area contributed by atoms with E-state index in [4.69, 9.17) is 9.73 Å². The van der Waals surface area contributed by atoms with Crippen LogP contribution in [0.1, 0.15) is 51.9 Å². The molecule has 1 saturated carbocycles. The van der Waals surface area contributed by atoms with Gasteiger partial charge in [0.05, 0.1) is 0 Å². The topological polar surface area (TPSA) is 45.7 Å². The van der Waals surface area contributed by atoms with E-state index < -0.39 is 0 Å². The van der Waals surface area contributed by atoms with Crippen LogP contribution in [0.15, 0.2) is 17.1 Å². The Bertz CT molecular complexity index is 351. The highest BCUT2D eigenvalue weighted by Gasteiger charge is 2.33. The summed E-state index contributed by atoms with van der Waals surface area (Å²) >= 11 is 0. The maximum Gasteiger partial charge on any atom is 0.191 e. The summed E-state index contributed by atoms with van der Waals surface area (Å²) in [7, 11) is 1.80. The van der Waals surface area contributed by atoms with Crippen molar-refractivity contribution in [1.82, 2.24) is 10.6 Å². The maximum atomic E-state index is 5.30. The molecule has 0 unspecified atom stereocenters. The molecule has 2 rings (SSSR count). The SMILES string of the molecule is CCNC(=NCC1(CCOC)CCCC1)NC1CC=CC1. The fourth-order valence-corrected chi connectivity index (χ4v) is 3.43. The Balaban J connectivity index is 1.92. The third-order valence-electron chi connectivity index (χ3n) is 4.77. The Hall–Kier alpha value is -1.03. The summed E-state index contributed by atoms with van der Waals surface area (Å²) in [6, 6.07) is 0.515. The molecule has 2 N–H and O–H groups in total. The van der Waals surface area contributed by atoms with E-state index in [1.54, 1.807) is 7.11 Å². The van der Waals surface area contributed by atoms with E-state index >= 15 is 0 Å². The van der Waals surface area contributed by atoms with Gasteiger partial charge in [-0.3, -0.25) is 4.99 Å². The van der Waals surface area contributed by atoms with Crippen LogP contribution in [0.4, 0.5) is 0 Å². The predicted octanol–water partition coefficient (Wildman–Crippen LogP) is 2.86. The van der Waals surface area contributed by atoms with Gasteiger partial charge in [0.25, 0.3) is 0 Å². The van der Waals surface area contributed by atoms with Gasteiger partial charge in [0, 0.05) is 32.8 Å². The summed E-state index contributed by atoms with van der Waals surface area (Å²) in [5, 5.41) is 6.95. The zero-order chi connectivity index (χ0) is 15.0. The van der Waals surface area contributed by atoms with E-state index in [9.17, 15) is 0 Å². The largest absolute Gasteiger partial charge is 0.385 e. The molecule has 2 aliphatic carbocycles. The minimum atomic E-state index is 0.367. The fourth-order valence-electron chi connectivity index (χ4n) is 3.43. The lowest BCUT2D eigenvalue weighted by atomic mass is 9.83. The second kappa shape index (κ2) is 8.42. The minimum absolute atomic E-state index is 0.367. The Morgan fingerprint density at radius 3 is 2.62 bits per heavy atom. The number of ether oxygens (including phenoxy) is 1. The fraction of sp³-hybridized carbons (Fsp3) is 0.824. The molecule has 120 valence electrons. The molecule has 0 aliphatic heterocycles. The molecule has 0 heterocycles. The van der Waals surface area contributed by atoms with Crippen LogP contribution in [-0.2, 0) is 4.74 Å². The second-order valence-electron chi connectivity index (χ2n) is 6.43. The Morgan fingerprint density at radius 2 is 2.00 bits per heavy atom. The van der Waals surface area contributed by atoms with Gasteiger partial charge in [-0.25, -0.2) is 0 Å². The molecule has 21 heavy (non-hydrogen) atoms. The lowest BCUT2D eigenvalue weighted by Gasteiger charge is -2.27. The minimum Gasteiger partial charge on any atom is -0.385 e. The monoisotopic (exact) mass is 293 g/mol. The van der Waals surface area contributed by atoms with Crippen LogP contribution in [0.3, 0.4) is 0 Å². The number of hydrogen-bond donors (Lipinski definition) is 2. The van der Waals surface area contributed by atoms with E-state index in [1.807, 2.05) is 0 Å². The van der Waals surface area contributed by atoms with Crippen molar-refractivity contribution in [1.29, 1.82) is 0 Å². The standard InChI is InChI=1S/C17H31N3O/c1-3-18-16(20-15-8-4-5-9-15)19-14-17(12-13-21-2)10-6-7-11-17/h4-5,15H,3,6-14H2,1-2H3,(H2,18,19,20). The highest BCUT2D eigenvalue weighted by atomic mass is 16.5. The zero-order valence-corrected chi connectivity index (χ0v) is 13.7. The summed E-state index contributed by atoms with van der Waals surface area (Å²) in [6.45, 7) is 4.81. The quantitative estimate of drug-likeness (QED) is 0.431. The number of hydrogen-bond acceptors (Lipinski definition) is 2. The first-order chi connectivity index (χ1) is 10.3. The first-order valence-corrected chi connectivity index (χ1v) is 8.47. The van der Waals surface area contributed by atoms with E-state index in [-0.39, 0.29) is 0 Å². The second-order valence-corrected chi connectivity index (χ2v) is 6.43. The van der Waals surface area contributed by atoms with E-state index in [0.717, 1.165) is 44.9 Å². The summed E-state index contributed by atoms with van der Waals surface area (Å²) in [5.41, 5.74) is 0.367. The normalized spacial score (nSPS) is 21.9. The molecule has 0 spiro atoms. The Kier molecular flexibility index (Phi) is 6.55. The molecule has 0 atom stereocenters. The molecule has 2 aliphatic rings. The average molecular weight is 293 g/mol. The lowest BCUT2D eigenvalue weighted by Crippen LogP contribution is -2.43. The summed E-state index contributed by atoms with van der Waals surface area (Å²) in [4.78, 5) is 4.90. The smallest absolute Gasteiger partial charge is 0.191 e. The van der Waals surface area contributed by atoms with Crippen molar-refractivity contribution in [2.45, 2.75) is 57.9 Å². The van der Waals surface area contributed by atoms with Crippen LogP contribution < -0.4 is 10.6 Å². The molecule has 0 aromatic rings. The first-order valence-electron chi connectivity index (χ1n) is 8.47. The van der Waals surface area contributed by atoms with Crippen LogP contribution in [0.2, 0.25) is 0 Å².